The first-order valence-electron chi connectivity index (χ1n) is 11.1. The van der Waals surface area contributed by atoms with Crippen molar-refractivity contribution in [1.82, 2.24) is 4.98 Å². The first-order valence-corrected chi connectivity index (χ1v) is 11.1. The number of amides is 1. The van der Waals surface area contributed by atoms with Crippen molar-refractivity contribution in [3.05, 3.63) is 95.6 Å². The normalized spacial score (nSPS) is 11.8. The highest BCUT2D eigenvalue weighted by Crippen LogP contribution is 2.32. The molecule has 184 valence electrons. The molecule has 1 aromatic heterocycles. The summed E-state index contributed by atoms with van der Waals surface area (Å²) in [5.41, 5.74) is 0.844. The molecule has 1 N–H and O–H groups in total. The molecule has 0 unspecified atom stereocenters. The average molecular weight is 492 g/mol. The quantitative estimate of drug-likeness (QED) is 0.308. The molecule has 5 nitrogen and oxygen atoms in total. The van der Waals surface area contributed by atoms with Gasteiger partial charge in [-0.1, -0.05) is 30.3 Å². The lowest BCUT2D eigenvalue weighted by atomic mass is 9.98. The van der Waals surface area contributed by atoms with E-state index in [1.165, 1.54) is 12.1 Å². The minimum atomic E-state index is -4.44. The van der Waals surface area contributed by atoms with Gasteiger partial charge in [0, 0.05) is 10.9 Å². The maximum absolute atomic E-state index is 13.1. The molecular weight excluding hydrogens is 469 g/mol. The Bertz CT molecular complexity index is 1440. The van der Waals surface area contributed by atoms with Crippen molar-refractivity contribution in [2.45, 2.75) is 32.5 Å². The average Bonchev–Trinajstić information content (AvgIpc) is 2.82. The highest BCUT2D eigenvalue weighted by molar-refractivity contribution is 6.08. The number of fused-ring (bicyclic) bond motifs is 1. The molecule has 4 aromatic rings. The van der Waals surface area contributed by atoms with Crippen molar-refractivity contribution in [3.8, 4) is 11.1 Å². The topological polar surface area (TPSA) is 68.3 Å². The van der Waals surface area contributed by atoms with Gasteiger partial charge in [-0.05, 0) is 80.4 Å². The molecule has 4 rings (SSSR count). The molecule has 0 atom stereocenters. The van der Waals surface area contributed by atoms with Crippen molar-refractivity contribution in [2.24, 2.45) is 0 Å². The Hall–Kier alpha value is -4.20. The lowest BCUT2D eigenvalue weighted by Gasteiger charge is -2.19. The van der Waals surface area contributed by atoms with E-state index in [1.54, 1.807) is 75.4 Å². The number of benzene rings is 3. The molecular formula is C28H23F3N2O3. The summed E-state index contributed by atoms with van der Waals surface area (Å²) < 4.78 is 44.1. The molecule has 0 aliphatic carbocycles. The van der Waals surface area contributed by atoms with Crippen LogP contribution in [0.15, 0.2) is 78.9 Å². The highest BCUT2D eigenvalue weighted by Gasteiger charge is 2.30. The lowest BCUT2D eigenvalue weighted by molar-refractivity contribution is -0.137. The van der Waals surface area contributed by atoms with Gasteiger partial charge in [-0.3, -0.25) is 4.79 Å². The van der Waals surface area contributed by atoms with Crippen LogP contribution in [0.5, 0.6) is 0 Å². The van der Waals surface area contributed by atoms with Crippen LogP contribution in [0.3, 0.4) is 0 Å². The fourth-order valence-electron chi connectivity index (χ4n) is 3.61. The molecule has 0 saturated carbocycles. The van der Waals surface area contributed by atoms with Crippen LogP contribution in [0.1, 0.15) is 47.1 Å². The van der Waals surface area contributed by atoms with E-state index < -0.39 is 29.2 Å². The standard InChI is InChI=1S/C28H23F3N2O3/c1-27(2,3)36-26(35)19-10-14-23-18(16-19)11-15-24(32-23)33-25(34)22-7-5-4-6-21(22)17-8-12-20(13-9-17)28(29,30)31/h4-16H,1-3H3,(H,32,33,34). The second-order valence-electron chi connectivity index (χ2n) is 9.18. The molecule has 0 radical (unpaired) electrons. The predicted octanol–water partition coefficient (Wildman–Crippen LogP) is 7.13. The molecule has 0 spiro atoms. The summed E-state index contributed by atoms with van der Waals surface area (Å²) in [4.78, 5) is 29.8. The van der Waals surface area contributed by atoms with E-state index in [4.69, 9.17) is 4.74 Å². The number of aromatic nitrogens is 1. The molecule has 36 heavy (non-hydrogen) atoms. The zero-order valence-corrected chi connectivity index (χ0v) is 19.8. The first-order chi connectivity index (χ1) is 16.9. The number of alkyl halides is 3. The summed E-state index contributed by atoms with van der Waals surface area (Å²) in [5, 5.41) is 3.44. The van der Waals surface area contributed by atoms with E-state index in [9.17, 15) is 22.8 Å². The summed E-state index contributed by atoms with van der Waals surface area (Å²) in [6, 6.07) is 19.6. The van der Waals surface area contributed by atoms with Crippen LogP contribution in [0.2, 0.25) is 0 Å². The number of hydrogen-bond acceptors (Lipinski definition) is 4. The van der Waals surface area contributed by atoms with Crippen LogP contribution in [-0.2, 0) is 10.9 Å². The van der Waals surface area contributed by atoms with E-state index in [0.29, 0.717) is 39.0 Å². The van der Waals surface area contributed by atoms with Crippen LogP contribution in [0.4, 0.5) is 19.0 Å². The smallest absolute Gasteiger partial charge is 0.416 e. The molecule has 0 saturated heterocycles. The van der Waals surface area contributed by atoms with Gasteiger partial charge in [-0.15, -0.1) is 0 Å². The van der Waals surface area contributed by atoms with Gasteiger partial charge >= 0.3 is 12.1 Å². The zero-order chi connectivity index (χ0) is 26.1. The van der Waals surface area contributed by atoms with E-state index in [1.807, 2.05) is 0 Å². The van der Waals surface area contributed by atoms with Crippen molar-refractivity contribution in [3.63, 3.8) is 0 Å². The van der Waals surface area contributed by atoms with Gasteiger partial charge in [-0.25, -0.2) is 9.78 Å². The number of carbonyl (C=O) groups is 2. The summed E-state index contributed by atoms with van der Waals surface area (Å²) in [6.45, 7) is 5.37. The number of pyridine rings is 1. The number of carbonyl (C=O) groups excluding carboxylic acids is 2. The molecule has 0 fully saturated rings. The van der Waals surface area contributed by atoms with Crippen LogP contribution in [-0.4, -0.2) is 22.5 Å². The number of esters is 1. The number of anilines is 1. The molecule has 0 aliphatic rings. The van der Waals surface area contributed by atoms with Gasteiger partial charge in [0.05, 0.1) is 16.6 Å². The fourth-order valence-corrected chi connectivity index (χ4v) is 3.61. The van der Waals surface area contributed by atoms with E-state index in [-0.39, 0.29) is 0 Å². The number of ether oxygens (including phenoxy) is 1. The zero-order valence-electron chi connectivity index (χ0n) is 19.8. The van der Waals surface area contributed by atoms with Crippen LogP contribution >= 0.6 is 0 Å². The predicted molar refractivity (Wildman–Crippen MR) is 132 cm³/mol. The molecule has 0 bridgehead atoms. The minimum absolute atomic E-state index is 0.291. The molecule has 1 amide bonds. The number of rotatable bonds is 4. The van der Waals surface area contributed by atoms with Crippen LogP contribution < -0.4 is 5.32 Å². The Labute approximate surface area is 205 Å². The third-order valence-electron chi connectivity index (χ3n) is 5.26. The van der Waals surface area contributed by atoms with Crippen LogP contribution in [0, 0.1) is 0 Å². The third kappa shape index (κ3) is 5.71. The van der Waals surface area contributed by atoms with Crippen LogP contribution in [0.25, 0.3) is 22.0 Å². The van der Waals surface area contributed by atoms with Gasteiger partial charge in [0.15, 0.2) is 0 Å². The fraction of sp³-hybridized carbons (Fsp3) is 0.179. The van der Waals surface area contributed by atoms with Gasteiger partial charge in [-0.2, -0.15) is 13.2 Å². The Kier molecular flexibility index (Phi) is 6.54. The summed E-state index contributed by atoms with van der Waals surface area (Å²) in [6.07, 6.45) is -4.44. The van der Waals surface area contributed by atoms with Crippen molar-refractivity contribution < 1.29 is 27.5 Å². The van der Waals surface area contributed by atoms with Gasteiger partial charge in [0.25, 0.3) is 5.91 Å². The minimum Gasteiger partial charge on any atom is -0.456 e. The Balaban J connectivity index is 1.56. The Morgan fingerprint density at radius 1 is 0.861 bits per heavy atom. The largest absolute Gasteiger partial charge is 0.456 e. The van der Waals surface area contributed by atoms with Crippen molar-refractivity contribution >= 4 is 28.6 Å². The van der Waals surface area contributed by atoms with E-state index >= 15 is 0 Å². The summed E-state index contributed by atoms with van der Waals surface area (Å²) in [7, 11) is 0. The highest BCUT2D eigenvalue weighted by atomic mass is 19.4. The maximum atomic E-state index is 13.1. The molecule has 1 heterocycles. The second-order valence-corrected chi connectivity index (χ2v) is 9.18. The Morgan fingerprint density at radius 3 is 2.22 bits per heavy atom. The maximum Gasteiger partial charge on any atom is 0.416 e. The monoisotopic (exact) mass is 492 g/mol. The van der Waals surface area contributed by atoms with Crippen molar-refractivity contribution in [2.75, 3.05) is 5.32 Å². The van der Waals surface area contributed by atoms with Gasteiger partial charge in [0.2, 0.25) is 0 Å². The Morgan fingerprint density at radius 2 is 1.56 bits per heavy atom. The number of hydrogen-bond donors (Lipinski definition) is 1. The number of nitrogens with zero attached hydrogens (tertiary/aromatic N) is 1. The SMILES string of the molecule is CC(C)(C)OC(=O)c1ccc2nc(NC(=O)c3ccccc3-c3ccc(C(F)(F)F)cc3)ccc2c1. The number of halogens is 3. The number of nitrogens with one attached hydrogen (secondary N) is 1. The second kappa shape index (κ2) is 9.45. The van der Waals surface area contributed by atoms with Gasteiger partial charge < -0.3 is 10.1 Å². The van der Waals surface area contributed by atoms with Crippen molar-refractivity contribution in [1.29, 1.82) is 0 Å². The molecule has 8 heteroatoms. The van der Waals surface area contributed by atoms with Gasteiger partial charge in [0.1, 0.15) is 11.4 Å². The summed E-state index contributed by atoms with van der Waals surface area (Å²) in [5.74, 6) is -0.607. The lowest BCUT2D eigenvalue weighted by Crippen LogP contribution is -2.23. The summed E-state index contributed by atoms with van der Waals surface area (Å²) >= 11 is 0. The third-order valence-corrected chi connectivity index (χ3v) is 5.26. The van der Waals surface area contributed by atoms with E-state index in [2.05, 4.69) is 10.3 Å². The molecule has 3 aromatic carbocycles. The van der Waals surface area contributed by atoms with E-state index in [0.717, 1.165) is 12.1 Å². The molecule has 0 aliphatic heterocycles. The first kappa shape index (κ1) is 24.9.